The van der Waals surface area contributed by atoms with Gasteiger partial charge in [-0.15, -0.1) is 0 Å². The van der Waals surface area contributed by atoms with Crippen LogP contribution in [0.5, 0.6) is 5.75 Å². The van der Waals surface area contributed by atoms with Gasteiger partial charge in [-0.1, -0.05) is 17.3 Å². The highest BCUT2D eigenvalue weighted by Gasteiger charge is 2.22. The van der Waals surface area contributed by atoms with Crippen molar-refractivity contribution in [2.45, 2.75) is 33.0 Å². The number of anilines is 1. The molecule has 1 fully saturated rings. The zero-order valence-corrected chi connectivity index (χ0v) is 21.7. The number of rotatable bonds is 10. The summed E-state index contributed by atoms with van der Waals surface area (Å²) in [6.07, 6.45) is -0.526. The van der Waals surface area contributed by atoms with Crippen molar-refractivity contribution in [1.29, 1.82) is 0 Å². The number of hydrogen-bond acceptors (Lipinski definition) is 10. The Hall–Kier alpha value is -3.05. The monoisotopic (exact) mass is 496 g/mol. The average Bonchev–Trinajstić information content (AvgIpc) is 3.20. The number of benzene rings is 1. The summed E-state index contributed by atoms with van der Waals surface area (Å²) >= 11 is 0. The van der Waals surface area contributed by atoms with Crippen molar-refractivity contribution >= 4 is 5.82 Å². The lowest BCUT2D eigenvalue weighted by molar-refractivity contribution is -0.0117. The van der Waals surface area contributed by atoms with Crippen LogP contribution in [0.3, 0.4) is 0 Å². The molecule has 10 nitrogen and oxygen atoms in total. The van der Waals surface area contributed by atoms with Crippen molar-refractivity contribution in [1.82, 2.24) is 25.3 Å². The minimum atomic E-state index is -0.600. The molecule has 1 saturated heterocycles. The normalized spacial score (nSPS) is 17.2. The Morgan fingerprint density at radius 1 is 1.25 bits per heavy atom. The number of aromatic nitrogens is 3. The van der Waals surface area contributed by atoms with E-state index in [-0.39, 0.29) is 12.7 Å². The van der Waals surface area contributed by atoms with E-state index in [0.29, 0.717) is 30.4 Å². The van der Waals surface area contributed by atoms with Crippen LogP contribution < -0.4 is 15.4 Å². The summed E-state index contributed by atoms with van der Waals surface area (Å²) in [5, 5.41) is 20.6. The van der Waals surface area contributed by atoms with Crippen LogP contribution in [0.25, 0.3) is 22.6 Å². The first-order chi connectivity index (χ1) is 17.4. The van der Waals surface area contributed by atoms with Crippen LogP contribution >= 0.6 is 0 Å². The molecule has 3 heterocycles. The van der Waals surface area contributed by atoms with Crippen LogP contribution in [0, 0.1) is 20.8 Å². The Balaban J connectivity index is 1.66. The van der Waals surface area contributed by atoms with Gasteiger partial charge in [0.15, 0.2) is 5.82 Å². The van der Waals surface area contributed by atoms with E-state index >= 15 is 0 Å². The summed E-state index contributed by atoms with van der Waals surface area (Å²) in [7, 11) is 3.89. The third kappa shape index (κ3) is 6.19. The lowest BCUT2D eigenvalue weighted by Crippen LogP contribution is -2.43. The van der Waals surface area contributed by atoms with E-state index in [9.17, 15) is 5.11 Å². The van der Waals surface area contributed by atoms with Crippen molar-refractivity contribution < 1.29 is 19.1 Å². The van der Waals surface area contributed by atoms with Crippen LogP contribution in [0.15, 0.2) is 28.8 Å². The molecule has 4 rings (SSSR count). The molecule has 0 radical (unpaired) electrons. The van der Waals surface area contributed by atoms with Crippen LogP contribution in [-0.4, -0.2) is 90.8 Å². The molecule has 194 valence electrons. The topological polar surface area (TPSA) is 118 Å². The fourth-order valence-electron chi connectivity index (χ4n) is 4.30. The highest BCUT2D eigenvalue weighted by Crippen LogP contribution is 2.33. The molecule has 0 amide bonds. The molecule has 2 unspecified atom stereocenters. The first kappa shape index (κ1) is 26.0. The molecule has 3 N–H and O–H groups in total. The van der Waals surface area contributed by atoms with Crippen molar-refractivity contribution in [3.8, 4) is 28.4 Å². The fourth-order valence-corrected chi connectivity index (χ4v) is 4.30. The van der Waals surface area contributed by atoms with E-state index in [1.165, 1.54) is 0 Å². The van der Waals surface area contributed by atoms with Crippen LogP contribution in [0.4, 0.5) is 5.82 Å². The largest absolute Gasteiger partial charge is 0.491 e. The molecule has 0 spiro atoms. The van der Waals surface area contributed by atoms with E-state index in [2.05, 4.69) is 27.7 Å². The minimum absolute atomic E-state index is 0.0739. The Labute approximate surface area is 212 Å². The van der Waals surface area contributed by atoms with Gasteiger partial charge >= 0.3 is 0 Å². The Morgan fingerprint density at radius 3 is 2.81 bits per heavy atom. The van der Waals surface area contributed by atoms with Crippen molar-refractivity contribution in [3.05, 3.63) is 41.3 Å². The van der Waals surface area contributed by atoms with Gasteiger partial charge in [-0.05, 0) is 47.0 Å². The van der Waals surface area contributed by atoms with Gasteiger partial charge in [0.1, 0.15) is 30.0 Å². The zero-order valence-electron chi connectivity index (χ0n) is 21.7. The van der Waals surface area contributed by atoms with Gasteiger partial charge in [0.25, 0.3) is 0 Å². The first-order valence-corrected chi connectivity index (χ1v) is 12.3. The van der Waals surface area contributed by atoms with Gasteiger partial charge in [-0.3, -0.25) is 0 Å². The number of aliphatic hydroxyl groups is 1. The van der Waals surface area contributed by atoms with E-state index in [1.54, 1.807) is 7.05 Å². The molecule has 2 aromatic heterocycles. The second-order valence-electron chi connectivity index (χ2n) is 9.25. The molecule has 0 bridgehead atoms. The number of aliphatic hydroxyl groups excluding tert-OH is 1. The maximum Gasteiger partial charge on any atom is 0.162 e. The molecule has 36 heavy (non-hydrogen) atoms. The van der Waals surface area contributed by atoms with E-state index < -0.39 is 6.10 Å². The van der Waals surface area contributed by atoms with Gasteiger partial charge in [0.2, 0.25) is 0 Å². The van der Waals surface area contributed by atoms with Gasteiger partial charge < -0.3 is 34.6 Å². The van der Waals surface area contributed by atoms with Crippen LogP contribution in [0.1, 0.15) is 17.0 Å². The number of hydrogen-bond donors (Lipinski definition) is 3. The summed E-state index contributed by atoms with van der Waals surface area (Å²) in [5.41, 5.74) is 4.14. The maximum atomic E-state index is 9.99. The van der Waals surface area contributed by atoms with Gasteiger partial charge in [-0.25, -0.2) is 9.97 Å². The summed E-state index contributed by atoms with van der Waals surface area (Å²) in [5.74, 6) is 2.64. The van der Waals surface area contributed by atoms with E-state index in [0.717, 1.165) is 53.6 Å². The summed E-state index contributed by atoms with van der Waals surface area (Å²) in [4.78, 5) is 12.1. The SMILES string of the molecule is CNCC(O)COc1cccc(-c2nc(NCC3CN(C)CCO3)c(C)c(-c3c(C)noc3C)n2)c1. The molecular formula is C26H36N6O4. The number of ether oxygens (including phenoxy) is 2. The number of aryl methyl sites for hydroxylation is 2. The first-order valence-electron chi connectivity index (χ1n) is 12.3. The molecule has 0 aliphatic carbocycles. The number of morpholine rings is 1. The van der Waals surface area contributed by atoms with Gasteiger partial charge in [0.05, 0.1) is 29.7 Å². The second kappa shape index (κ2) is 11.8. The van der Waals surface area contributed by atoms with E-state index in [1.807, 2.05) is 45.0 Å². The summed E-state index contributed by atoms with van der Waals surface area (Å²) in [6, 6.07) is 7.58. The predicted molar refractivity (Wildman–Crippen MR) is 138 cm³/mol. The van der Waals surface area contributed by atoms with Crippen LogP contribution in [-0.2, 0) is 4.74 Å². The smallest absolute Gasteiger partial charge is 0.162 e. The van der Waals surface area contributed by atoms with Crippen molar-refractivity contribution in [3.63, 3.8) is 0 Å². The Bertz CT molecular complexity index is 1150. The molecule has 1 aliphatic rings. The standard InChI is InChI=1S/C26H36N6O4/c1-16-24(23-17(2)31-36-18(23)3)29-26(30-25(16)28-13-22-14-32(5)9-10-34-22)19-7-6-8-21(11-19)35-15-20(33)12-27-4/h6-8,11,20,22,27,33H,9-10,12-15H2,1-5H3,(H,28,29,30). The third-order valence-electron chi connectivity index (χ3n) is 6.23. The van der Waals surface area contributed by atoms with Crippen LogP contribution in [0.2, 0.25) is 0 Å². The molecule has 3 aromatic rings. The Kier molecular flexibility index (Phi) is 8.52. The molecule has 2 atom stereocenters. The lowest BCUT2D eigenvalue weighted by atomic mass is 10.0. The number of nitrogens with one attached hydrogen (secondary N) is 2. The number of nitrogens with zero attached hydrogens (tertiary/aromatic N) is 4. The third-order valence-corrected chi connectivity index (χ3v) is 6.23. The minimum Gasteiger partial charge on any atom is -0.491 e. The highest BCUT2D eigenvalue weighted by atomic mass is 16.5. The summed E-state index contributed by atoms with van der Waals surface area (Å²) < 4.78 is 17.2. The second-order valence-corrected chi connectivity index (χ2v) is 9.25. The average molecular weight is 497 g/mol. The predicted octanol–water partition coefficient (Wildman–Crippen LogP) is 2.43. The van der Waals surface area contributed by atoms with Gasteiger partial charge in [0, 0.05) is 37.3 Å². The zero-order chi connectivity index (χ0) is 25.7. The van der Waals surface area contributed by atoms with E-state index in [4.69, 9.17) is 24.0 Å². The maximum absolute atomic E-state index is 9.99. The lowest BCUT2D eigenvalue weighted by Gasteiger charge is -2.30. The quantitative estimate of drug-likeness (QED) is 0.386. The molecular weight excluding hydrogens is 460 g/mol. The Morgan fingerprint density at radius 2 is 2.08 bits per heavy atom. The molecule has 0 saturated carbocycles. The molecule has 1 aromatic carbocycles. The molecule has 10 heteroatoms. The fraction of sp³-hybridized carbons (Fsp3) is 0.500. The van der Waals surface area contributed by atoms with Gasteiger partial charge in [-0.2, -0.15) is 0 Å². The summed E-state index contributed by atoms with van der Waals surface area (Å²) in [6.45, 7) is 9.60. The molecule has 1 aliphatic heterocycles. The van der Waals surface area contributed by atoms with Crippen molar-refractivity contribution in [2.75, 3.05) is 58.8 Å². The van der Waals surface area contributed by atoms with Crippen molar-refractivity contribution in [2.24, 2.45) is 0 Å². The number of likely N-dealkylation sites (N-methyl/N-ethyl adjacent to an activating group) is 2. The highest BCUT2D eigenvalue weighted by molar-refractivity contribution is 5.74.